The molecule has 1 saturated carbocycles. The fraction of sp³-hybridized carbons (Fsp3) is 0.500. The molecule has 2 fully saturated rings. The van der Waals surface area contributed by atoms with Gasteiger partial charge in [-0.25, -0.2) is 0 Å². The molecular formula is C18H22F2N4O5. The molecule has 1 atom stereocenters. The van der Waals surface area contributed by atoms with Crippen LogP contribution >= 0.6 is 0 Å². The summed E-state index contributed by atoms with van der Waals surface area (Å²) in [6.45, 7) is -2.70. The first-order valence-electron chi connectivity index (χ1n) is 9.07. The van der Waals surface area contributed by atoms with Crippen LogP contribution < -0.4 is 20.7 Å². The van der Waals surface area contributed by atoms with E-state index in [2.05, 4.69) is 10.1 Å². The number of morpholine rings is 1. The van der Waals surface area contributed by atoms with E-state index in [1.165, 1.54) is 23.1 Å². The molecule has 9 nitrogen and oxygen atoms in total. The highest BCUT2D eigenvalue weighted by Gasteiger charge is 2.38. The van der Waals surface area contributed by atoms with Crippen LogP contribution in [0.5, 0.6) is 5.75 Å². The molecule has 1 aliphatic carbocycles. The van der Waals surface area contributed by atoms with Crippen LogP contribution in [0.2, 0.25) is 0 Å². The van der Waals surface area contributed by atoms with Crippen molar-refractivity contribution in [3.05, 3.63) is 18.2 Å². The highest BCUT2D eigenvalue weighted by Crippen LogP contribution is 2.33. The lowest BCUT2D eigenvalue weighted by molar-refractivity contribution is -0.132. The molecule has 1 heterocycles. The van der Waals surface area contributed by atoms with E-state index >= 15 is 0 Å². The maximum absolute atomic E-state index is 12.9. The largest absolute Gasteiger partial charge is 0.433 e. The van der Waals surface area contributed by atoms with Gasteiger partial charge >= 0.3 is 6.61 Å². The SMILES string of the molecule is CN(C1CC1)[C@@H](C(N)=O)C(=O)Nc1ccc(N2CCOCC2=O)cc1OC(F)F. The van der Waals surface area contributed by atoms with Crippen LogP contribution in [-0.4, -0.2) is 68.1 Å². The lowest BCUT2D eigenvalue weighted by atomic mass is 10.2. The van der Waals surface area contributed by atoms with E-state index in [9.17, 15) is 23.2 Å². The number of anilines is 2. The second-order valence-corrected chi connectivity index (χ2v) is 6.85. The maximum Gasteiger partial charge on any atom is 0.387 e. The standard InChI is InChI=1S/C18H22F2N4O5/c1-23(10-2-3-10)15(16(21)26)17(27)22-12-5-4-11(8-13(12)29-18(19)20)24-6-7-28-9-14(24)25/h4-5,8,10,15,18H,2-3,6-7,9H2,1H3,(H2,21,26)(H,22,27)/t15-/m0/s1. The molecule has 0 spiro atoms. The van der Waals surface area contributed by atoms with Crippen molar-refractivity contribution in [3.63, 3.8) is 0 Å². The summed E-state index contributed by atoms with van der Waals surface area (Å²) in [5.74, 6) is -2.25. The number of ether oxygens (including phenoxy) is 2. The van der Waals surface area contributed by atoms with Gasteiger partial charge in [0, 0.05) is 24.3 Å². The summed E-state index contributed by atoms with van der Waals surface area (Å²) in [5.41, 5.74) is 5.63. The van der Waals surface area contributed by atoms with Crippen LogP contribution in [0.4, 0.5) is 20.2 Å². The van der Waals surface area contributed by atoms with Crippen molar-refractivity contribution in [2.45, 2.75) is 31.5 Å². The van der Waals surface area contributed by atoms with E-state index in [0.29, 0.717) is 12.3 Å². The molecule has 1 aromatic rings. The molecule has 1 aliphatic heterocycles. The van der Waals surface area contributed by atoms with Gasteiger partial charge in [-0.1, -0.05) is 0 Å². The number of halogens is 2. The van der Waals surface area contributed by atoms with Crippen LogP contribution in [0, 0.1) is 0 Å². The molecule has 158 valence electrons. The van der Waals surface area contributed by atoms with Crippen molar-refractivity contribution in [1.29, 1.82) is 0 Å². The third kappa shape index (κ3) is 4.98. The minimum absolute atomic E-state index is 0.0600. The Hall–Kier alpha value is -2.79. The first-order valence-corrected chi connectivity index (χ1v) is 9.07. The van der Waals surface area contributed by atoms with Gasteiger partial charge in [-0.15, -0.1) is 0 Å². The summed E-state index contributed by atoms with van der Waals surface area (Å²) in [6, 6.07) is 2.88. The number of benzene rings is 1. The predicted molar refractivity (Wildman–Crippen MR) is 98.6 cm³/mol. The molecular weight excluding hydrogens is 390 g/mol. The number of likely N-dealkylation sites (N-methyl/N-ethyl adjacent to an activating group) is 1. The molecule has 11 heteroatoms. The van der Waals surface area contributed by atoms with Crippen LogP contribution in [0.3, 0.4) is 0 Å². The molecule has 1 saturated heterocycles. The van der Waals surface area contributed by atoms with E-state index in [0.717, 1.165) is 12.8 Å². The van der Waals surface area contributed by atoms with Gasteiger partial charge in [0.1, 0.15) is 6.61 Å². The number of nitrogens with one attached hydrogen (secondary N) is 1. The zero-order valence-corrected chi connectivity index (χ0v) is 15.8. The van der Waals surface area contributed by atoms with Crippen LogP contribution in [-0.2, 0) is 19.1 Å². The first kappa shape index (κ1) is 20.9. The first-order chi connectivity index (χ1) is 13.8. The second-order valence-electron chi connectivity index (χ2n) is 6.85. The predicted octanol–water partition coefficient (Wildman–Crippen LogP) is 0.538. The normalized spacial score (nSPS) is 18.1. The third-order valence-electron chi connectivity index (χ3n) is 4.78. The molecule has 0 aromatic heterocycles. The van der Waals surface area contributed by atoms with Gasteiger partial charge < -0.3 is 25.4 Å². The highest BCUT2D eigenvalue weighted by molar-refractivity contribution is 6.10. The summed E-state index contributed by atoms with van der Waals surface area (Å²) in [7, 11) is 1.61. The van der Waals surface area contributed by atoms with Crippen molar-refractivity contribution in [2.24, 2.45) is 5.73 Å². The molecule has 3 N–H and O–H groups in total. The number of hydrogen-bond acceptors (Lipinski definition) is 6. The fourth-order valence-electron chi connectivity index (χ4n) is 3.18. The second kappa shape index (κ2) is 8.70. The van der Waals surface area contributed by atoms with E-state index < -0.39 is 24.5 Å². The number of nitrogens with zero attached hydrogens (tertiary/aromatic N) is 2. The quantitative estimate of drug-likeness (QED) is 0.603. The van der Waals surface area contributed by atoms with Gasteiger partial charge in [0.15, 0.2) is 11.8 Å². The van der Waals surface area contributed by atoms with Crippen molar-refractivity contribution in [1.82, 2.24) is 4.90 Å². The number of carbonyl (C=O) groups is 3. The molecule has 29 heavy (non-hydrogen) atoms. The van der Waals surface area contributed by atoms with Gasteiger partial charge in [0.2, 0.25) is 5.91 Å². The molecule has 3 rings (SSSR count). The summed E-state index contributed by atoms with van der Waals surface area (Å²) in [5, 5.41) is 2.43. The molecule has 0 radical (unpaired) electrons. The lowest BCUT2D eigenvalue weighted by Gasteiger charge is -2.28. The zero-order valence-electron chi connectivity index (χ0n) is 15.8. The maximum atomic E-state index is 12.9. The Morgan fingerprint density at radius 2 is 2.10 bits per heavy atom. The third-order valence-corrected chi connectivity index (χ3v) is 4.78. The summed E-state index contributed by atoms with van der Waals surface area (Å²) >= 11 is 0. The zero-order chi connectivity index (χ0) is 21.1. The molecule has 3 amide bonds. The van der Waals surface area contributed by atoms with E-state index in [1.54, 1.807) is 11.9 Å². The topological polar surface area (TPSA) is 114 Å². The smallest absolute Gasteiger partial charge is 0.387 e. The average molecular weight is 412 g/mol. The molecule has 2 aliphatic rings. The fourth-order valence-corrected chi connectivity index (χ4v) is 3.18. The van der Waals surface area contributed by atoms with Crippen molar-refractivity contribution >= 4 is 29.1 Å². The Balaban J connectivity index is 1.84. The van der Waals surface area contributed by atoms with Crippen LogP contribution in [0.1, 0.15) is 12.8 Å². The van der Waals surface area contributed by atoms with Gasteiger partial charge in [-0.05, 0) is 32.0 Å². The minimum atomic E-state index is -3.15. The summed E-state index contributed by atoms with van der Waals surface area (Å²) in [6.07, 6.45) is 1.69. The number of carbonyl (C=O) groups excluding carboxylic acids is 3. The number of nitrogens with two attached hydrogens (primary N) is 1. The van der Waals surface area contributed by atoms with Crippen LogP contribution in [0.15, 0.2) is 18.2 Å². The Kier molecular flexibility index (Phi) is 6.28. The Labute approximate surface area is 165 Å². The van der Waals surface area contributed by atoms with Gasteiger partial charge in [0.25, 0.3) is 11.8 Å². The number of primary amides is 1. The molecule has 0 bridgehead atoms. The summed E-state index contributed by atoms with van der Waals surface area (Å²) < 4.78 is 35.4. The molecule has 1 aromatic carbocycles. The summed E-state index contributed by atoms with van der Waals surface area (Å²) in [4.78, 5) is 39.3. The van der Waals surface area contributed by atoms with Crippen molar-refractivity contribution in [2.75, 3.05) is 37.0 Å². The minimum Gasteiger partial charge on any atom is -0.433 e. The van der Waals surface area contributed by atoms with Crippen molar-refractivity contribution < 1.29 is 32.6 Å². The Bertz CT molecular complexity index is 802. The van der Waals surface area contributed by atoms with Gasteiger partial charge in [-0.2, -0.15) is 8.78 Å². The Morgan fingerprint density at radius 3 is 2.69 bits per heavy atom. The lowest BCUT2D eigenvalue weighted by Crippen LogP contribution is -2.51. The number of alkyl halides is 2. The Morgan fingerprint density at radius 1 is 1.38 bits per heavy atom. The van der Waals surface area contributed by atoms with E-state index in [1.807, 2.05) is 0 Å². The monoisotopic (exact) mass is 412 g/mol. The number of hydrogen-bond donors (Lipinski definition) is 2. The average Bonchev–Trinajstić information content (AvgIpc) is 3.48. The van der Waals surface area contributed by atoms with E-state index in [-0.39, 0.29) is 36.5 Å². The van der Waals surface area contributed by atoms with Crippen LogP contribution in [0.25, 0.3) is 0 Å². The van der Waals surface area contributed by atoms with E-state index in [4.69, 9.17) is 10.5 Å². The van der Waals surface area contributed by atoms with Gasteiger partial charge in [-0.3, -0.25) is 19.3 Å². The van der Waals surface area contributed by atoms with Gasteiger partial charge in [0.05, 0.1) is 12.3 Å². The molecule has 0 unspecified atom stereocenters. The van der Waals surface area contributed by atoms with Crippen molar-refractivity contribution in [3.8, 4) is 5.75 Å². The highest BCUT2D eigenvalue weighted by atomic mass is 19.3. The number of rotatable bonds is 8. The number of amides is 3.